The van der Waals surface area contributed by atoms with Crippen LogP contribution in [0.25, 0.3) is 15.3 Å². The van der Waals surface area contributed by atoms with Gasteiger partial charge in [-0.3, -0.25) is 19.2 Å². The lowest BCUT2D eigenvalue weighted by molar-refractivity contribution is -0.142. The Balaban J connectivity index is 0.888. The summed E-state index contributed by atoms with van der Waals surface area (Å²) in [7, 11) is 0. The van der Waals surface area contributed by atoms with Crippen LogP contribution in [0.4, 0.5) is 31.9 Å². The number of rotatable bonds is 12. The quantitative estimate of drug-likeness (QED) is 0.0896. The monoisotopic (exact) mass is 958 g/mol. The van der Waals surface area contributed by atoms with Crippen LogP contribution < -0.4 is 20.9 Å². The highest BCUT2D eigenvalue weighted by Gasteiger charge is 2.45. The highest BCUT2D eigenvalue weighted by Crippen LogP contribution is 2.37. The number of β-amino-alcohol motifs (C(OH)–C–C–N with tert-alkyl or cyclic N) is 1. The molecule has 8 rings (SSSR count). The van der Waals surface area contributed by atoms with Gasteiger partial charge in [0.2, 0.25) is 11.8 Å². The highest BCUT2D eigenvalue weighted by atomic mass is 32.1. The molecule has 0 spiro atoms. The van der Waals surface area contributed by atoms with Gasteiger partial charge in [-0.1, -0.05) is 45.0 Å². The molecule has 18 heteroatoms. The highest BCUT2D eigenvalue weighted by molar-refractivity contribution is 7.13. The van der Waals surface area contributed by atoms with Gasteiger partial charge in [0.15, 0.2) is 5.69 Å². The van der Waals surface area contributed by atoms with Crippen LogP contribution in [-0.4, -0.2) is 110 Å². The fourth-order valence-electron chi connectivity index (χ4n) is 9.21. The summed E-state index contributed by atoms with van der Waals surface area (Å²) in [5, 5.41) is 19.8. The molecule has 0 radical (unpaired) electrons. The van der Waals surface area contributed by atoms with Crippen molar-refractivity contribution < 1.29 is 33.1 Å². The van der Waals surface area contributed by atoms with Crippen LogP contribution in [0, 0.1) is 18.9 Å². The minimum Gasteiger partial charge on any atom is -0.391 e. The predicted octanol–water partition coefficient (Wildman–Crippen LogP) is 8.05. The molecule has 4 amide bonds. The Morgan fingerprint density at radius 3 is 2.28 bits per heavy atom. The molecule has 0 saturated carbocycles. The molecule has 0 unspecified atom stereocenters. The molecule has 69 heavy (non-hydrogen) atoms. The van der Waals surface area contributed by atoms with Crippen LogP contribution in [-0.2, 0) is 9.59 Å². The fraction of sp³-hybridized carbons (Fsp3) is 0.412. The van der Waals surface area contributed by atoms with Crippen molar-refractivity contribution in [1.29, 1.82) is 0 Å². The average Bonchev–Trinajstić information content (AvgIpc) is 4.06. The minimum absolute atomic E-state index is 0.00574. The first-order valence-electron chi connectivity index (χ1n) is 23.1. The molecule has 360 valence electrons. The van der Waals surface area contributed by atoms with E-state index in [2.05, 4.69) is 35.7 Å². The largest absolute Gasteiger partial charge is 0.391 e. The van der Waals surface area contributed by atoms with E-state index in [0.29, 0.717) is 54.6 Å². The van der Waals surface area contributed by atoms with Gasteiger partial charge >= 0.3 is 0 Å². The van der Waals surface area contributed by atoms with E-state index in [9.17, 15) is 33.1 Å². The van der Waals surface area contributed by atoms with Crippen molar-refractivity contribution in [3.8, 4) is 10.4 Å². The molecule has 0 bridgehead atoms. The normalized spacial score (nSPS) is 19.1. The van der Waals surface area contributed by atoms with Crippen molar-refractivity contribution in [2.24, 2.45) is 5.41 Å². The molecule has 3 saturated heterocycles. The molecule has 4 N–H and O–H groups in total. The lowest BCUT2D eigenvalue weighted by Gasteiger charge is -2.35. The summed E-state index contributed by atoms with van der Waals surface area (Å²) < 4.78 is 28.6. The number of aryl methyl sites for hydroxylation is 1. The molecular weight excluding hydrogens is 903 g/mol. The van der Waals surface area contributed by atoms with Crippen molar-refractivity contribution in [2.45, 2.75) is 96.4 Å². The van der Waals surface area contributed by atoms with Crippen LogP contribution in [0.2, 0.25) is 0 Å². The number of amides is 4. The number of likely N-dealkylation sites (tertiary alicyclic amines) is 2. The van der Waals surface area contributed by atoms with Gasteiger partial charge in [0.25, 0.3) is 17.7 Å². The van der Waals surface area contributed by atoms with Gasteiger partial charge in [-0.05, 0) is 103 Å². The number of carbonyl (C=O) groups excluding carboxylic acids is 4. The van der Waals surface area contributed by atoms with Gasteiger partial charge in [-0.15, -0.1) is 11.3 Å². The first-order valence-corrected chi connectivity index (χ1v) is 24.0. The molecular formula is C51H56F2N10O5S. The van der Waals surface area contributed by atoms with E-state index < -0.39 is 53.8 Å². The zero-order chi connectivity index (χ0) is 49.2. The third-order valence-corrected chi connectivity index (χ3v) is 14.1. The predicted molar refractivity (Wildman–Crippen MR) is 260 cm³/mol. The molecule has 0 aliphatic carbocycles. The molecule has 3 aromatic heterocycles. The Bertz CT molecular complexity index is 2750. The van der Waals surface area contributed by atoms with Crippen molar-refractivity contribution in [3.05, 3.63) is 124 Å². The summed E-state index contributed by atoms with van der Waals surface area (Å²) in [4.78, 5) is 78.2. The summed E-state index contributed by atoms with van der Waals surface area (Å²) in [5.74, 6) is -3.21. The van der Waals surface area contributed by atoms with E-state index >= 15 is 0 Å². The van der Waals surface area contributed by atoms with Gasteiger partial charge in [0.1, 0.15) is 29.5 Å². The summed E-state index contributed by atoms with van der Waals surface area (Å²) in [6.45, 7) is 17.1. The maximum Gasteiger partial charge on any atom is 0.266 e. The number of carbonyl (C=O) groups is 4. The molecule has 3 aliphatic heterocycles. The number of piperidine rings is 1. The topological polar surface area (TPSA) is 177 Å². The number of aliphatic hydroxyl groups excluding tert-OH is 1. The van der Waals surface area contributed by atoms with Crippen LogP contribution in [0.5, 0.6) is 0 Å². The number of anilines is 3. The van der Waals surface area contributed by atoms with E-state index in [-0.39, 0.29) is 49.4 Å². The van der Waals surface area contributed by atoms with E-state index in [1.807, 2.05) is 71.0 Å². The number of thiazole rings is 1. The number of halogens is 2. The molecule has 5 aromatic rings. The van der Waals surface area contributed by atoms with Crippen molar-refractivity contribution in [2.75, 3.05) is 42.9 Å². The van der Waals surface area contributed by atoms with Gasteiger partial charge in [-0.2, -0.15) is 0 Å². The van der Waals surface area contributed by atoms with E-state index in [4.69, 9.17) is 6.57 Å². The van der Waals surface area contributed by atoms with E-state index in [0.717, 1.165) is 27.3 Å². The number of alkyl halides is 2. The smallest absolute Gasteiger partial charge is 0.266 e. The van der Waals surface area contributed by atoms with Gasteiger partial charge < -0.3 is 35.8 Å². The summed E-state index contributed by atoms with van der Waals surface area (Å²) in [6, 6.07) is 18.6. The number of aromatic nitrogens is 3. The molecule has 6 heterocycles. The number of aliphatic hydroxyl groups is 1. The van der Waals surface area contributed by atoms with E-state index in [1.165, 1.54) is 11.1 Å². The minimum atomic E-state index is -2.82. The first kappa shape index (κ1) is 48.6. The second-order valence-electron chi connectivity index (χ2n) is 19.2. The number of nitrogens with zero attached hydrogens (tertiary/aromatic N) is 7. The van der Waals surface area contributed by atoms with Gasteiger partial charge in [0.05, 0.1) is 41.3 Å². The van der Waals surface area contributed by atoms with Crippen LogP contribution in [0.15, 0.2) is 84.5 Å². The fourth-order valence-corrected chi connectivity index (χ4v) is 10.0. The first-order chi connectivity index (χ1) is 32.8. The zero-order valence-corrected chi connectivity index (χ0v) is 40.0. The Morgan fingerprint density at radius 2 is 1.64 bits per heavy atom. The van der Waals surface area contributed by atoms with Crippen molar-refractivity contribution in [3.63, 3.8) is 0 Å². The number of nitrogens with one attached hydrogen (secondary N) is 3. The summed E-state index contributed by atoms with van der Waals surface area (Å²) in [6.07, 6.45) is 1.59. The summed E-state index contributed by atoms with van der Waals surface area (Å²) in [5.41, 5.74) is 5.77. The lowest BCUT2D eigenvalue weighted by Crippen LogP contribution is -2.57. The lowest BCUT2D eigenvalue weighted by atomic mass is 9.85. The van der Waals surface area contributed by atoms with Crippen LogP contribution in [0.1, 0.15) is 103 Å². The number of pyridine rings is 2. The van der Waals surface area contributed by atoms with Crippen molar-refractivity contribution in [1.82, 2.24) is 35.4 Å². The van der Waals surface area contributed by atoms with Gasteiger partial charge in [0, 0.05) is 56.3 Å². The molecule has 3 fully saturated rings. The molecule has 15 nitrogen and oxygen atoms in total. The molecule has 4 atom stereocenters. The Kier molecular flexibility index (Phi) is 14.1. The maximum atomic E-state index is 14.3. The third-order valence-electron chi connectivity index (χ3n) is 13.1. The third kappa shape index (κ3) is 11.2. The second kappa shape index (κ2) is 20.0. The number of hydrogen-bond acceptors (Lipinski definition) is 11. The SMILES string of the molecule is [C-]#[N+]c1ccnc(Nc2cc(C3CCN(C(=O)c4ccc(C(=O)N[C@H](C(=O)N5C[C@H](O)C[C@H]5C(=O)N[C@@H](C)c5ccc(-c6scnc6C)cc5)C(C)(C)C)cc4)CC3)cc(N3CCC(F)(F)C3)n2)c1. The second-order valence-corrected chi connectivity index (χ2v) is 20.1. The average molecular weight is 959 g/mol. The molecule has 3 aliphatic rings. The number of hydrogen-bond donors (Lipinski definition) is 4. The number of benzene rings is 2. The zero-order valence-electron chi connectivity index (χ0n) is 39.2. The van der Waals surface area contributed by atoms with Crippen molar-refractivity contribution >= 4 is 58.1 Å². The Morgan fingerprint density at radius 1 is 0.928 bits per heavy atom. The standard InChI is InChI=1S/C51H56F2N10O5S/c1-30(32-7-9-34(10-8-32)44-31(2)56-29-69-44)57-47(66)40-26-39(64)27-63(40)49(68)45(50(3,4)5)60-46(65)35-11-13-36(14-12-35)48(67)61-20-16-33(17-21-61)37-23-42(58-41-25-38(54-6)15-19-55-41)59-43(24-37)62-22-18-51(52,53)28-62/h7-15,19,23-25,29-30,33,39-40,45,64H,16-18,20-22,26-28H2,1-5H3,(H,57,66)(H,60,65)(H,55,58,59)/t30-,39+,40-,45+/m0/s1. The van der Waals surface area contributed by atoms with Crippen LogP contribution >= 0.6 is 11.3 Å². The molecule has 2 aromatic carbocycles. The van der Waals surface area contributed by atoms with Gasteiger partial charge in [-0.25, -0.2) is 28.6 Å². The van der Waals surface area contributed by atoms with E-state index in [1.54, 1.807) is 63.0 Å². The Labute approximate surface area is 404 Å². The Hall–Kier alpha value is -6.84. The van der Waals surface area contributed by atoms with Crippen LogP contribution in [0.3, 0.4) is 0 Å². The maximum absolute atomic E-state index is 14.3. The summed E-state index contributed by atoms with van der Waals surface area (Å²) >= 11 is 1.56.